The Morgan fingerprint density at radius 1 is 1.17 bits per heavy atom. The molecule has 90 valence electrons. The van der Waals surface area contributed by atoms with E-state index in [4.69, 9.17) is 5.73 Å². The fourth-order valence-electron chi connectivity index (χ4n) is 1.73. The van der Waals surface area contributed by atoms with Gasteiger partial charge in [-0.3, -0.25) is 0 Å². The van der Waals surface area contributed by atoms with Crippen LogP contribution in [0.3, 0.4) is 0 Å². The van der Waals surface area contributed by atoms with Crippen LogP contribution in [0, 0.1) is 3.57 Å². The summed E-state index contributed by atoms with van der Waals surface area (Å²) >= 11 is 3.94. The summed E-state index contributed by atoms with van der Waals surface area (Å²) in [5.41, 5.74) is 7.92. The first-order valence-electron chi connectivity index (χ1n) is 5.39. The van der Waals surface area contributed by atoms with Crippen LogP contribution < -0.4 is 5.73 Å². The van der Waals surface area contributed by atoms with Crippen LogP contribution in [-0.2, 0) is 0 Å². The molecule has 0 fully saturated rings. The highest BCUT2D eigenvalue weighted by Crippen LogP contribution is 2.26. The Morgan fingerprint density at radius 2 is 1.94 bits per heavy atom. The first-order valence-corrected chi connectivity index (χ1v) is 7.35. The third-order valence-corrected chi connectivity index (χ3v) is 4.19. The SMILES string of the molecule is Nc1cc(-c2cccs2)nn1-c1ccc(I)cc1. The molecular formula is C13H10IN3S. The molecule has 5 heteroatoms. The van der Waals surface area contributed by atoms with Gasteiger partial charge in [0.2, 0.25) is 0 Å². The number of thiophene rings is 1. The average molecular weight is 367 g/mol. The van der Waals surface area contributed by atoms with Crippen molar-refractivity contribution in [1.29, 1.82) is 0 Å². The smallest absolute Gasteiger partial charge is 0.127 e. The summed E-state index contributed by atoms with van der Waals surface area (Å²) in [7, 11) is 0. The Bertz CT molecular complexity index is 656. The zero-order chi connectivity index (χ0) is 12.5. The summed E-state index contributed by atoms with van der Waals surface area (Å²) in [5.74, 6) is 0.652. The molecule has 3 rings (SSSR count). The fourth-order valence-corrected chi connectivity index (χ4v) is 2.77. The monoisotopic (exact) mass is 367 g/mol. The number of benzene rings is 1. The maximum Gasteiger partial charge on any atom is 0.127 e. The lowest BCUT2D eigenvalue weighted by Crippen LogP contribution is -2.01. The Hall–Kier alpha value is -1.34. The van der Waals surface area contributed by atoms with E-state index in [1.807, 2.05) is 47.8 Å². The van der Waals surface area contributed by atoms with E-state index in [1.54, 1.807) is 16.0 Å². The van der Waals surface area contributed by atoms with Gasteiger partial charge in [-0.15, -0.1) is 11.3 Å². The van der Waals surface area contributed by atoms with E-state index in [9.17, 15) is 0 Å². The van der Waals surface area contributed by atoms with Crippen LogP contribution in [0.5, 0.6) is 0 Å². The molecule has 2 heterocycles. The predicted molar refractivity (Wildman–Crippen MR) is 84.0 cm³/mol. The lowest BCUT2D eigenvalue weighted by Gasteiger charge is -2.03. The van der Waals surface area contributed by atoms with Gasteiger partial charge in [-0.2, -0.15) is 5.10 Å². The van der Waals surface area contributed by atoms with Gasteiger partial charge in [-0.25, -0.2) is 4.68 Å². The molecule has 2 aromatic heterocycles. The molecule has 0 aliphatic heterocycles. The van der Waals surface area contributed by atoms with Gasteiger partial charge in [0.25, 0.3) is 0 Å². The van der Waals surface area contributed by atoms with E-state index in [-0.39, 0.29) is 0 Å². The molecule has 0 saturated carbocycles. The summed E-state index contributed by atoms with van der Waals surface area (Å²) in [6, 6.07) is 14.1. The van der Waals surface area contributed by atoms with Gasteiger partial charge in [0.05, 0.1) is 10.6 Å². The van der Waals surface area contributed by atoms with E-state index in [1.165, 1.54) is 3.57 Å². The third kappa shape index (κ3) is 2.15. The minimum atomic E-state index is 0.652. The Morgan fingerprint density at radius 3 is 2.61 bits per heavy atom. The van der Waals surface area contributed by atoms with Gasteiger partial charge < -0.3 is 5.73 Å². The van der Waals surface area contributed by atoms with Crippen LogP contribution >= 0.6 is 33.9 Å². The minimum Gasteiger partial charge on any atom is -0.384 e. The first kappa shape index (κ1) is 11.7. The number of hydrogen-bond donors (Lipinski definition) is 1. The standard InChI is InChI=1S/C13H10IN3S/c14-9-3-5-10(6-4-9)17-13(15)8-11(16-17)12-2-1-7-18-12/h1-8H,15H2. The maximum atomic E-state index is 6.02. The molecule has 0 amide bonds. The second-order valence-electron chi connectivity index (χ2n) is 3.82. The normalized spacial score (nSPS) is 10.7. The third-order valence-electron chi connectivity index (χ3n) is 2.58. The van der Waals surface area contributed by atoms with Gasteiger partial charge in [0, 0.05) is 9.64 Å². The number of nitrogen functional groups attached to an aromatic ring is 1. The zero-order valence-corrected chi connectivity index (χ0v) is 12.4. The van der Waals surface area contributed by atoms with Crippen LogP contribution in [0.4, 0.5) is 5.82 Å². The van der Waals surface area contributed by atoms with Gasteiger partial charge in [0.15, 0.2) is 0 Å². The highest BCUT2D eigenvalue weighted by Gasteiger charge is 2.09. The maximum absolute atomic E-state index is 6.02. The molecule has 0 bridgehead atoms. The molecule has 0 aliphatic carbocycles. The number of aromatic nitrogens is 2. The minimum absolute atomic E-state index is 0.652. The van der Waals surface area contributed by atoms with Crippen molar-refractivity contribution in [3.8, 4) is 16.3 Å². The predicted octanol–water partition coefficient (Wildman–Crippen LogP) is 3.79. The zero-order valence-electron chi connectivity index (χ0n) is 9.38. The van der Waals surface area contributed by atoms with Gasteiger partial charge in [-0.1, -0.05) is 6.07 Å². The highest BCUT2D eigenvalue weighted by molar-refractivity contribution is 14.1. The molecule has 2 N–H and O–H groups in total. The molecule has 0 spiro atoms. The molecule has 0 atom stereocenters. The van der Waals surface area contributed by atoms with Crippen LogP contribution in [-0.4, -0.2) is 9.78 Å². The fraction of sp³-hybridized carbons (Fsp3) is 0. The van der Waals surface area contributed by atoms with Crippen molar-refractivity contribution in [2.75, 3.05) is 5.73 Å². The lowest BCUT2D eigenvalue weighted by molar-refractivity contribution is 0.896. The van der Waals surface area contributed by atoms with E-state index in [0.717, 1.165) is 16.3 Å². The van der Waals surface area contributed by atoms with E-state index >= 15 is 0 Å². The lowest BCUT2D eigenvalue weighted by atomic mass is 10.3. The summed E-state index contributed by atoms with van der Waals surface area (Å²) in [4.78, 5) is 1.13. The second kappa shape index (κ2) is 4.74. The molecular weight excluding hydrogens is 357 g/mol. The van der Waals surface area contributed by atoms with Crippen molar-refractivity contribution in [2.45, 2.75) is 0 Å². The number of hydrogen-bond acceptors (Lipinski definition) is 3. The van der Waals surface area contributed by atoms with E-state index in [2.05, 4.69) is 27.7 Å². The van der Waals surface area contributed by atoms with Crippen LogP contribution in [0.1, 0.15) is 0 Å². The van der Waals surface area contributed by atoms with Crippen molar-refractivity contribution >= 4 is 39.7 Å². The first-order chi connectivity index (χ1) is 8.74. The largest absolute Gasteiger partial charge is 0.384 e. The van der Waals surface area contributed by atoms with Crippen LogP contribution in [0.25, 0.3) is 16.3 Å². The summed E-state index contributed by atoms with van der Waals surface area (Å²) in [5, 5.41) is 6.59. The van der Waals surface area contributed by atoms with Crippen molar-refractivity contribution in [3.05, 3.63) is 51.4 Å². The number of nitrogens with two attached hydrogens (primary N) is 1. The van der Waals surface area contributed by atoms with E-state index in [0.29, 0.717) is 5.82 Å². The molecule has 0 unspecified atom stereocenters. The number of rotatable bonds is 2. The Kier molecular flexibility index (Phi) is 3.09. The quantitative estimate of drug-likeness (QED) is 0.701. The van der Waals surface area contributed by atoms with Crippen molar-refractivity contribution in [1.82, 2.24) is 9.78 Å². The summed E-state index contributed by atoms with van der Waals surface area (Å²) < 4.78 is 2.96. The molecule has 0 aliphatic rings. The molecule has 1 aromatic carbocycles. The Balaban J connectivity index is 2.06. The van der Waals surface area contributed by atoms with Gasteiger partial charge >= 0.3 is 0 Å². The number of nitrogens with zero attached hydrogens (tertiary/aromatic N) is 2. The molecule has 0 saturated heterocycles. The summed E-state index contributed by atoms with van der Waals surface area (Å²) in [6.45, 7) is 0. The number of anilines is 1. The molecule has 3 nitrogen and oxygen atoms in total. The highest BCUT2D eigenvalue weighted by atomic mass is 127. The summed E-state index contributed by atoms with van der Waals surface area (Å²) in [6.07, 6.45) is 0. The van der Waals surface area contributed by atoms with Crippen molar-refractivity contribution in [2.24, 2.45) is 0 Å². The topological polar surface area (TPSA) is 43.8 Å². The van der Waals surface area contributed by atoms with Gasteiger partial charge in [-0.05, 0) is 58.3 Å². The van der Waals surface area contributed by atoms with Gasteiger partial charge in [0.1, 0.15) is 11.5 Å². The molecule has 18 heavy (non-hydrogen) atoms. The second-order valence-corrected chi connectivity index (χ2v) is 6.01. The Labute approximate surface area is 122 Å². The molecule has 3 aromatic rings. The van der Waals surface area contributed by atoms with Crippen molar-refractivity contribution < 1.29 is 0 Å². The van der Waals surface area contributed by atoms with E-state index < -0.39 is 0 Å². The van der Waals surface area contributed by atoms with Crippen LogP contribution in [0.2, 0.25) is 0 Å². The number of halogens is 1. The average Bonchev–Trinajstić information content (AvgIpc) is 2.99. The van der Waals surface area contributed by atoms with Crippen LogP contribution in [0.15, 0.2) is 47.8 Å². The van der Waals surface area contributed by atoms with Crippen molar-refractivity contribution in [3.63, 3.8) is 0 Å². The molecule has 0 radical (unpaired) electrons.